The second kappa shape index (κ2) is 5.62. The average molecular weight is 315 g/mol. The van der Waals surface area contributed by atoms with Crippen LogP contribution in [-0.2, 0) is 4.79 Å². The molecule has 0 fully saturated rings. The summed E-state index contributed by atoms with van der Waals surface area (Å²) in [5.74, 6) is -0.163. The van der Waals surface area contributed by atoms with Gasteiger partial charge in [-0.05, 0) is 22.9 Å². The summed E-state index contributed by atoms with van der Waals surface area (Å²) < 4.78 is 0. The molecule has 24 heavy (non-hydrogen) atoms. The number of nitrogens with one attached hydrogen (secondary N) is 1. The van der Waals surface area contributed by atoms with E-state index in [4.69, 9.17) is 0 Å². The van der Waals surface area contributed by atoms with E-state index >= 15 is 0 Å². The number of rotatable bonds is 2. The van der Waals surface area contributed by atoms with Crippen LogP contribution < -0.4 is 5.32 Å². The highest BCUT2D eigenvalue weighted by atomic mass is 16.3. The third-order valence-corrected chi connectivity index (χ3v) is 3.94. The van der Waals surface area contributed by atoms with Gasteiger partial charge in [0.25, 0.3) is 5.91 Å². The SMILES string of the molecule is O=C1Nc2ccccc2C1=NN=Cc1c(O)ccc2ccccc12. The summed E-state index contributed by atoms with van der Waals surface area (Å²) in [6, 6.07) is 18.5. The first-order valence-corrected chi connectivity index (χ1v) is 7.46. The summed E-state index contributed by atoms with van der Waals surface area (Å²) in [6.45, 7) is 0. The number of hydrogen-bond acceptors (Lipinski definition) is 4. The molecule has 0 saturated carbocycles. The Morgan fingerprint density at radius 2 is 1.75 bits per heavy atom. The minimum Gasteiger partial charge on any atom is -0.507 e. The highest BCUT2D eigenvalue weighted by molar-refractivity contribution is 6.53. The summed E-state index contributed by atoms with van der Waals surface area (Å²) in [5, 5.41) is 22.8. The Morgan fingerprint density at radius 1 is 0.958 bits per heavy atom. The van der Waals surface area contributed by atoms with E-state index in [1.807, 2.05) is 54.6 Å². The Kier molecular flexibility index (Phi) is 3.31. The van der Waals surface area contributed by atoms with Gasteiger partial charge in [-0.1, -0.05) is 48.5 Å². The molecule has 0 bridgehead atoms. The van der Waals surface area contributed by atoms with Crippen LogP contribution in [0, 0.1) is 0 Å². The Labute approximate surface area is 138 Å². The second-order valence-electron chi connectivity index (χ2n) is 5.41. The minimum atomic E-state index is -0.282. The Morgan fingerprint density at radius 3 is 2.67 bits per heavy atom. The van der Waals surface area contributed by atoms with Crippen LogP contribution in [0.5, 0.6) is 5.75 Å². The normalized spacial score (nSPS) is 15.2. The zero-order chi connectivity index (χ0) is 16.5. The zero-order valence-corrected chi connectivity index (χ0v) is 12.6. The van der Waals surface area contributed by atoms with Gasteiger partial charge in [-0.15, -0.1) is 5.10 Å². The number of carbonyl (C=O) groups excluding carboxylic acids is 1. The van der Waals surface area contributed by atoms with Gasteiger partial charge >= 0.3 is 0 Å². The van der Waals surface area contributed by atoms with Crippen LogP contribution in [0.3, 0.4) is 0 Å². The molecule has 3 aromatic rings. The number of carbonyl (C=O) groups is 1. The van der Waals surface area contributed by atoms with E-state index in [0.29, 0.717) is 5.56 Å². The summed E-state index contributed by atoms with van der Waals surface area (Å²) in [6.07, 6.45) is 1.47. The summed E-state index contributed by atoms with van der Waals surface area (Å²) in [7, 11) is 0. The number of phenolic OH excluding ortho intramolecular Hbond substituents is 1. The van der Waals surface area contributed by atoms with E-state index in [9.17, 15) is 9.90 Å². The van der Waals surface area contributed by atoms with Crippen molar-refractivity contribution < 1.29 is 9.90 Å². The van der Waals surface area contributed by atoms with Crippen molar-refractivity contribution >= 4 is 34.3 Å². The van der Waals surface area contributed by atoms with Crippen LogP contribution in [0.15, 0.2) is 70.9 Å². The maximum Gasteiger partial charge on any atom is 0.276 e. The molecule has 3 aromatic carbocycles. The number of nitrogens with zero attached hydrogens (tertiary/aromatic N) is 2. The van der Waals surface area contributed by atoms with Crippen molar-refractivity contribution in [2.75, 3.05) is 5.32 Å². The number of anilines is 1. The summed E-state index contributed by atoms with van der Waals surface area (Å²) in [5.41, 5.74) is 2.29. The molecule has 116 valence electrons. The van der Waals surface area contributed by atoms with E-state index in [-0.39, 0.29) is 17.4 Å². The average Bonchev–Trinajstić information content (AvgIpc) is 2.92. The first-order valence-electron chi connectivity index (χ1n) is 7.46. The lowest BCUT2D eigenvalue weighted by Gasteiger charge is -2.03. The predicted molar refractivity (Wildman–Crippen MR) is 94.8 cm³/mol. The number of aromatic hydroxyl groups is 1. The molecular formula is C19H13N3O2. The number of para-hydroxylation sites is 1. The van der Waals surface area contributed by atoms with Crippen LogP contribution >= 0.6 is 0 Å². The smallest absolute Gasteiger partial charge is 0.276 e. The molecule has 0 aromatic heterocycles. The molecular weight excluding hydrogens is 302 g/mol. The van der Waals surface area contributed by atoms with E-state index in [0.717, 1.165) is 22.0 Å². The molecule has 5 nitrogen and oxygen atoms in total. The second-order valence-corrected chi connectivity index (χ2v) is 5.41. The monoisotopic (exact) mass is 315 g/mol. The lowest BCUT2D eigenvalue weighted by atomic mass is 10.0. The minimum absolute atomic E-state index is 0.119. The Balaban J connectivity index is 1.75. The maximum absolute atomic E-state index is 12.0. The molecule has 1 aliphatic rings. The van der Waals surface area contributed by atoms with Crippen molar-refractivity contribution in [3.8, 4) is 5.75 Å². The van der Waals surface area contributed by atoms with Gasteiger partial charge in [-0.25, -0.2) is 0 Å². The number of hydrogen-bond donors (Lipinski definition) is 2. The van der Waals surface area contributed by atoms with Crippen molar-refractivity contribution in [3.05, 3.63) is 71.8 Å². The van der Waals surface area contributed by atoms with Gasteiger partial charge in [0.2, 0.25) is 0 Å². The van der Waals surface area contributed by atoms with Crippen LogP contribution in [0.25, 0.3) is 10.8 Å². The van der Waals surface area contributed by atoms with Gasteiger partial charge < -0.3 is 10.4 Å². The maximum atomic E-state index is 12.0. The van der Waals surface area contributed by atoms with Gasteiger partial charge in [0.05, 0.1) is 11.9 Å². The highest BCUT2D eigenvalue weighted by Crippen LogP contribution is 2.26. The molecule has 0 saturated heterocycles. The number of fused-ring (bicyclic) bond motifs is 2. The molecule has 2 N–H and O–H groups in total. The highest BCUT2D eigenvalue weighted by Gasteiger charge is 2.25. The fourth-order valence-corrected chi connectivity index (χ4v) is 2.77. The zero-order valence-electron chi connectivity index (χ0n) is 12.6. The van der Waals surface area contributed by atoms with E-state index in [1.54, 1.807) is 6.07 Å². The fraction of sp³-hybridized carbons (Fsp3) is 0. The van der Waals surface area contributed by atoms with Crippen LogP contribution in [0.4, 0.5) is 5.69 Å². The van der Waals surface area contributed by atoms with Crippen LogP contribution in [-0.4, -0.2) is 22.9 Å². The lowest BCUT2D eigenvalue weighted by molar-refractivity contribution is -0.110. The fourth-order valence-electron chi connectivity index (χ4n) is 2.77. The third kappa shape index (κ3) is 2.32. The van der Waals surface area contributed by atoms with Gasteiger partial charge in [-0.2, -0.15) is 5.10 Å². The molecule has 0 radical (unpaired) electrons. The number of amides is 1. The standard InChI is InChI=1S/C19H13N3O2/c23-17-10-9-12-5-1-2-6-13(12)15(17)11-20-22-18-14-7-3-4-8-16(14)21-19(18)24/h1-11,23H,(H,21,22,24). The number of phenols is 1. The van der Waals surface area contributed by atoms with Gasteiger partial charge in [0, 0.05) is 11.1 Å². The van der Waals surface area contributed by atoms with Gasteiger partial charge in [-0.3, -0.25) is 4.79 Å². The Bertz CT molecular complexity index is 1020. The molecule has 1 aliphatic heterocycles. The molecule has 0 atom stereocenters. The molecule has 4 rings (SSSR count). The van der Waals surface area contributed by atoms with Crippen molar-refractivity contribution in [1.29, 1.82) is 0 Å². The van der Waals surface area contributed by atoms with E-state index in [2.05, 4.69) is 15.5 Å². The first kappa shape index (κ1) is 14.1. The van der Waals surface area contributed by atoms with Gasteiger partial charge in [0.15, 0.2) is 5.71 Å². The quantitative estimate of drug-likeness (QED) is 0.562. The Hall–Kier alpha value is -3.47. The molecule has 5 heteroatoms. The topological polar surface area (TPSA) is 74.0 Å². The van der Waals surface area contributed by atoms with Crippen molar-refractivity contribution in [2.45, 2.75) is 0 Å². The number of benzene rings is 3. The van der Waals surface area contributed by atoms with Crippen LogP contribution in [0.1, 0.15) is 11.1 Å². The molecule has 0 spiro atoms. The van der Waals surface area contributed by atoms with Crippen LogP contribution in [0.2, 0.25) is 0 Å². The largest absolute Gasteiger partial charge is 0.507 e. The van der Waals surface area contributed by atoms with Crippen molar-refractivity contribution in [1.82, 2.24) is 0 Å². The molecule has 0 unspecified atom stereocenters. The van der Waals surface area contributed by atoms with E-state index < -0.39 is 0 Å². The summed E-state index contributed by atoms with van der Waals surface area (Å²) in [4.78, 5) is 12.0. The van der Waals surface area contributed by atoms with Crippen molar-refractivity contribution in [3.63, 3.8) is 0 Å². The first-order chi connectivity index (χ1) is 11.7. The summed E-state index contributed by atoms with van der Waals surface area (Å²) >= 11 is 0. The van der Waals surface area contributed by atoms with Gasteiger partial charge in [0.1, 0.15) is 5.75 Å². The third-order valence-electron chi connectivity index (χ3n) is 3.94. The lowest BCUT2D eigenvalue weighted by Crippen LogP contribution is -2.13. The predicted octanol–water partition coefficient (Wildman–Crippen LogP) is 3.32. The van der Waals surface area contributed by atoms with E-state index in [1.165, 1.54) is 6.21 Å². The van der Waals surface area contributed by atoms with Crippen molar-refractivity contribution in [2.24, 2.45) is 10.2 Å². The molecule has 1 amide bonds. The molecule has 0 aliphatic carbocycles. The molecule has 1 heterocycles.